The zero-order valence-electron chi connectivity index (χ0n) is 9.53. The van der Waals surface area contributed by atoms with E-state index < -0.39 is 0 Å². The van der Waals surface area contributed by atoms with Crippen LogP contribution in [-0.4, -0.2) is 0 Å². The van der Waals surface area contributed by atoms with Crippen LogP contribution in [0.5, 0.6) is 0 Å². The van der Waals surface area contributed by atoms with Gasteiger partial charge in [0, 0.05) is 0 Å². The molecule has 0 spiro atoms. The first-order chi connectivity index (χ1) is 6.25. The maximum atomic E-state index is 2.36. The third-order valence-corrected chi connectivity index (χ3v) is 3.52. The summed E-state index contributed by atoms with van der Waals surface area (Å²) in [6.07, 6.45) is 9.90. The van der Waals surface area contributed by atoms with Gasteiger partial charge in [-0.1, -0.05) is 43.8 Å². The lowest BCUT2D eigenvalue weighted by atomic mass is 9.82. The molecule has 0 nitrogen and oxygen atoms in total. The Morgan fingerprint density at radius 1 is 1.08 bits per heavy atom. The van der Waals surface area contributed by atoms with Crippen molar-refractivity contribution in [1.29, 1.82) is 0 Å². The molecule has 0 heterocycles. The highest BCUT2D eigenvalue weighted by molar-refractivity contribution is 5.13. The molecule has 1 aliphatic carbocycles. The SMILES string of the molecule is CCC/C(C)=C(\C)C1CCCCC1. The molecule has 0 atom stereocenters. The molecule has 1 fully saturated rings. The molecule has 0 bridgehead atoms. The van der Waals surface area contributed by atoms with Crippen molar-refractivity contribution in [3.8, 4) is 0 Å². The van der Waals surface area contributed by atoms with Crippen LogP contribution in [0.15, 0.2) is 11.1 Å². The summed E-state index contributed by atoms with van der Waals surface area (Å²) in [6, 6.07) is 0. The van der Waals surface area contributed by atoms with Crippen LogP contribution in [0, 0.1) is 5.92 Å². The van der Waals surface area contributed by atoms with Crippen molar-refractivity contribution in [1.82, 2.24) is 0 Å². The van der Waals surface area contributed by atoms with Gasteiger partial charge in [0.1, 0.15) is 0 Å². The first-order valence-corrected chi connectivity index (χ1v) is 5.92. The van der Waals surface area contributed by atoms with E-state index in [0.29, 0.717) is 0 Å². The number of hydrogen-bond acceptors (Lipinski definition) is 0. The lowest BCUT2D eigenvalue weighted by Gasteiger charge is -2.24. The van der Waals surface area contributed by atoms with Gasteiger partial charge >= 0.3 is 0 Å². The van der Waals surface area contributed by atoms with Crippen molar-refractivity contribution >= 4 is 0 Å². The minimum atomic E-state index is 0.931. The second-order valence-corrected chi connectivity index (χ2v) is 4.55. The van der Waals surface area contributed by atoms with E-state index in [1.807, 2.05) is 0 Å². The Hall–Kier alpha value is -0.260. The van der Waals surface area contributed by atoms with E-state index >= 15 is 0 Å². The van der Waals surface area contributed by atoms with Crippen LogP contribution in [0.25, 0.3) is 0 Å². The van der Waals surface area contributed by atoms with Crippen LogP contribution in [0.3, 0.4) is 0 Å². The van der Waals surface area contributed by atoms with E-state index in [-0.39, 0.29) is 0 Å². The third-order valence-electron chi connectivity index (χ3n) is 3.52. The highest BCUT2D eigenvalue weighted by Crippen LogP contribution is 2.31. The first-order valence-electron chi connectivity index (χ1n) is 5.92. The Bertz CT molecular complexity index is 170. The van der Waals surface area contributed by atoms with Crippen molar-refractivity contribution < 1.29 is 0 Å². The fourth-order valence-electron chi connectivity index (χ4n) is 2.46. The van der Waals surface area contributed by atoms with Gasteiger partial charge in [0.2, 0.25) is 0 Å². The monoisotopic (exact) mass is 180 g/mol. The molecule has 1 rings (SSSR count). The first kappa shape index (κ1) is 10.8. The van der Waals surface area contributed by atoms with Gasteiger partial charge in [0.05, 0.1) is 0 Å². The Kier molecular flexibility index (Phi) is 4.55. The molecule has 1 saturated carbocycles. The molecule has 0 unspecified atom stereocenters. The molecular formula is C13H24. The molecule has 0 N–H and O–H groups in total. The lowest BCUT2D eigenvalue weighted by Crippen LogP contribution is -2.08. The van der Waals surface area contributed by atoms with E-state index in [2.05, 4.69) is 20.8 Å². The fraction of sp³-hybridized carbons (Fsp3) is 0.846. The summed E-state index contributed by atoms with van der Waals surface area (Å²) in [4.78, 5) is 0. The largest absolute Gasteiger partial charge is 0.0741 e. The highest BCUT2D eigenvalue weighted by Gasteiger charge is 2.15. The molecule has 76 valence electrons. The van der Waals surface area contributed by atoms with Gasteiger partial charge in [-0.3, -0.25) is 0 Å². The Balaban J connectivity index is 2.52. The third kappa shape index (κ3) is 3.17. The van der Waals surface area contributed by atoms with E-state index in [1.165, 1.54) is 44.9 Å². The maximum Gasteiger partial charge on any atom is -0.0203 e. The summed E-state index contributed by atoms with van der Waals surface area (Å²) < 4.78 is 0. The number of rotatable bonds is 3. The molecule has 0 aliphatic heterocycles. The van der Waals surface area contributed by atoms with Crippen molar-refractivity contribution in [2.75, 3.05) is 0 Å². The minimum Gasteiger partial charge on any atom is -0.0741 e. The normalized spacial score (nSPS) is 21.5. The highest BCUT2D eigenvalue weighted by atomic mass is 14.2. The number of hydrogen-bond donors (Lipinski definition) is 0. The van der Waals surface area contributed by atoms with Crippen LogP contribution in [0.4, 0.5) is 0 Å². The predicted octanol–water partition coefficient (Wildman–Crippen LogP) is 4.70. The molecule has 0 saturated heterocycles. The molecule has 1 aliphatic rings. The van der Waals surface area contributed by atoms with Crippen LogP contribution in [-0.2, 0) is 0 Å². The van der Waals surface area contributed by atoms with E-state index in [1.54, 1.807) is 11.1 Å². The quantitative estimate of drug-likeness (QED) is 0.552. The molecular weight excluding hydrogens is 156 g/mol. The van der Waals surface area contributed by atoms with Crippen molar-refractivity contribution in [3.05, 3.63) is 11.1 Å². The van der Waals surface area contributed by atoms with Gasteiger partial charge in [-0.05, 0) is 39.0 Å². The molecule has 0 heteroatoms. The number of allylic oxidation sites excluding steroid dienone is 2. The summed E-state index contributed by atoms with van der Waals surface area (Å²) in [5.41, 5.74) is 3.37. The van der Waals surface area contributed by atoms with Crippen LogP contribution in [0.1, 0.15) is 65.7 Å². The molecule has 0 radical (unpaired) electrons. The van der Waals surface area contributed by atoms with Crippen molar-refractivity contribution in [3.63, 3.8) is 0 Å². The molecule has 0 amide bonds. The van der Waals surface area contributed by atoms with Crippen molar-refractivity contribution in [2.24, 2.45) is 5.92 Å². The van der Waals surface area contributed by atoms with Gasteiger partial charge in [0.15, 0.2) is 0 Å². The summed E-state index contributed by atoms with van der Waals surface area (Å²) in [6.45, 7) is 6.96. The van der Waals surface area contributed by atoms with E-state index in [4.69, 9.17) is 0 Å². The van der Waals surface area contributed by atoms with Gasteiger partial charge in [0.25, 0.3) is 0 Å². The van der Waals surface area contributed by atoms with Crippen LogP contribution >= 0.6 is 0 Å². The van der Waals surface area contributed by atoms with Crippen molar-refractivity contribution in [2.45, 2.75) is 65.7 Å². The summed E-state index contributed by atoms with van der Waals surface area (Å²) in [7, 11) is 0. The second-order valence-electron chi connectivity index (χ2n) is 4.55. The Labute approximate surface area is 83.4 Å². The molecule has 13 heavy (non-hydrogen) atoms. The predicted molar refractivity (Wildman–Crippen MR) is 59.9 cm³/mol. The Morgan fingerprint density at radius 2 is 1.69 bits per heavy atom. The second kappa shape index (κ2) is 5.47. The average molecular weight is 180 g/mol. The maximum absolute atomic E-state index is 2.36. The minimum absolute atomic E-state index is 0.931. The Morgan fingerprint density at radius 3 is 2.23 bits per heavy atom. The molecule has 0 aromatic heterocycles. The molecule has 0 aromatic carbocycles. The fourth-order valence-corrected chi connectivity index (χ4v) is 2.46. The molecule has 0 aromatic rings. The van der Waals surface area contributed by atoms with Gasteiger partial charge in [-0.15, -0.1) is 0 Å². The lowest BCUT2D eigenvalue weighted by molar-refractivity contribution is 0.400. The van der Waals surface area contributed by atoms with Crippen LogP contribution < -0.4 is 0 Å². The summed E-state index contributed by atoms with van der Waals surface area (Å²) >= 11 is 0. The average Bonchev–Trinajstić information content (AvgIpc) is 2.18. The summed E-state index contributed by atoms with van der Waals surface area (Å²) in [5, 5.41) is 0. The van der Waals surface area contributed by atoms with Gasteiger partial charge in [-0.25, -0.2) is 0 Å². The summed E-state index contributed by atoms with van der Waals surface area (Å²) in [5.74, 6) is 0.931. The van der Waals surface area contributed by atoms with Crippen LogP contribution in [0.2, 0.25) is 0 Å². The smallest absolute Gasteiger partial charge is 0.0203 e. The topological polar surface area (TPSA) is 0 Å². The standard InChI is InChI=1S/C13H24/c1-4-8-11(2)12(3)13-9-6-5-7-10-13/h13H,4-10H2,1-3H3/b12-11+. The van der Waals surface area contributed by atoms with Gasteiger partial charge in [-0.2, -0.15) is 0 Å². The zero-order valence-corrected chi connectivity index (χ0v) is 9.53. The van der Waals surface area contributed by atoms with E-state index in [9.17, 15) is 0 Å². The zero-order chi connectivity index (χ0) is 9.68. The van der Waals surface area contributed by atoms with E-state index in [0.717, 1.165) is 5.92 Å². The van der Waals surface area contributed by atoms with Gasteiger partial charge < -0.3 is 0 Å².